The van der Waals surface area contributed by atoms with E-state index in [2.05, 4.69) is 4.90 Å². The van der Waals surface area contributed by atoms with E-state index in [9.17, 15) is 9.18 Å². The van der Waals surface area contributed by atoms with Crippen LogP contribution in [0.2, 0.25) is 5.02 Å². The number of benzene rings is 1. The third-order valence-corrected chi connectivity index (χ3v) is 4.19. The molecule has 1 N–H and O–H groups in total. The zero-order valence-electron chi connectivity index (χ0n) is 10.8. The van der Waals surface area contributed by atoms with Gasteiger partial charge in [0.2, 0.25) is 0 Å². The Morgan fingerprint density at radius 3 is 2.95 bits per heavy atom. The van der Waals surface area contributed by atoms with Crippen molar-refractivity contribution in [2.45, 2.75) is 32.4 Å². The summed E-state index contributed by atoms with van der Waals surface area (Å²) in [5.74, 6) is -1.41. The van der Waals surface area contributed by atoms with E-state index in [-0.39, 0.29) is 17.0 Å². The maximum absolute atomic E-state index is 13.4. The zero-order valence-corrected chi connectivity index (χ0v) is 11.5. The molecule has 2 atom stereocenters. The minimum Gasteiger partial charge on any atom is -0.481 e. The van der Waals surface area contributed by atoms with Crippen LogP contribution in [0, 0.1) is 11.7 Å². The molecule has 104 valence electrons. The molecule has 1 fully saturated rings. The first-order chi connectivity index (χ1) is 8.99. The molecule has 0 spiro atoms. The van der Waals surface area contributed by atoms with Crippen molar-refractivity contribution >= 4 is 17.6 Å². The van der Waals surface area contributed by atoms with Gasteiger partial charge in [0.25, 0.3) is 0 Å². The summed E-state index contributed by atoms with van der Waals surface area (Å²) >= 11 is 5.94. The third kappa shape index (κ3) is 3.25. The first-order valence-corrected chi connectivity index (χ1v) is 6.76. The van der Waals surface area contributed by atoms with E-state index in [1.807, 2.05) is 6.92 Å². The van der Waals surface area contributed by atoms with Gasteiger partial charge in [0.05, 0.1) is 10.9 Å². The minimum atomic E-state index is -0.727. The summed E-state index contributed by atoms with van der Waals surface area (Å²) < 4.78 is 13.4. The van der Waals surface area contributed by atoms with Crippen LogP contribution in [0.3, 0.4) is 0 Å². The number of hydrogen-bond acceptors (Lipinski definition) is 2. The molecule has 3 nitrogen and oxygen atoms in total. The van der Waals surface area contributed by atoms with Gasteiger partial charge in [-0.3, -0.25) is 9.69 Å². The molecule has 0 aromatic heterocycles. The fourth-order valence-corrected chi connectivity index (χ4v) is 2.76. The van der Waals surface area contributed by atoms with Gasteiger partial charge in [0.1, 0.15) is 5.82 Å². The van der Waals surface area contributed by atoms with Crippen LogP contribution in [-0.2, 0) is 11.3 Å². The first kappa shape index (κ1) is 14.3. The molecule has 1 aliphatic heterocycles. The Balaban J connectivity index is 2.04. The summed E-state index contributed by atoms with van der Waals surface area (Å²) in [7, 11) is 0. The number of halogens is 2. The minimum absolute atomic E-state index is 0.161. The number of aliphatic carboxylic acids is 1. The number of hydrogen-bond donors (Lipinski definition) is 1. The smallest absolute Gasteiger partial charge is 0.306 e. The normalized spacial score (nSPS) is 24.4. The number of nitrogens with zero attached hydrogens (tertiary/aromatic N) is 1. The van der Waals surface area contributed by atoms with Crippen LogP contribution in [0.1, 0.15) is 25.3 Å². The molecule has 1 aliphatic rings. The lowest BCUT2D eigenvalue weighted by atomic mass is 9.91. The van der Waals surface area contributed by atoms with Crippen molar-refractivity contribution in [3.8, 4) is 0 Å². The molecule has 2 unspecified atom stereocenters. The summed E-state index contributed by atoms with van der Waals surface area (Å²) in [6.07, 6.45) is 1.26. The molecule has 1 heterocycles. The molecule has 1 saturated heterocycles. The van der Waals surface area contributed by atoms with Crippen molar-refractivity contribution in [2.75, 3.05) is 6.54 Å². The van der Waals surface area contributed by atoms with E-state index >= 15 is 0 Å². The standard InChI is InChI=1S/C14H17ClFNO2/c1-9-7-10(14(18)19)5-6-17(9)8-11-3-2-4-12(16)13(11)15/h2-4,9-10H,5-8H2,1H3,(H,18,19). The predicted molar refractivity (Wildman–Crippen MR) is 71.6 cm³/mol. The lowest BCUT2D eigenvalue weighted by molar-refractivity contribution is -0.144. The Bertz CT molecular complexity index is 481. The maximum Gasteiger partial charge on any atom is 0.306 e. The van der Waals surface area contributed by atoms with Gasteiger partial charge < -0.3 is 5.11 Å². The Hall–Kier alpha value is -1.13. The second-order valence-electron chi connectivity index (χ2n) is 5.09. The molecule has 1 aromatic rings. The van der Waals surface area contributed by atoms with Crippen LogP contribution in [0.15, 0.2) is 18.2 Å². The van der Waals surface area contributed by atoms with Crippen LogP contribution in [0.5, 0.6) is 0 Å². The van der Waals surface area contributed by atoms with Crippen molar-refractivity contribution < 1.29 is 14.3 Å². The average Bonchev–Trinajstić information content (AvgIpc) is 2.37. The van der Waals surface area contributed by atoms with Crippen LogP contribution >= 0.6 is 11.6 Å². The largest absolute Gasteiger partial charge is 0.481 e. The fourth-order valence-electron chi connectivity index (χ4n) is 2.57. The van der Waals surface area contributed by atoms with Gasteiger partial charge in [-0.1, -0.05) is 23.7 Å². The molecular formula is C14H17ClFNO2. The van der Waals surface area contributed by atoms with E-state index < -0.39 is 11.8 Å². The second kappa shape index (κ2) is 5.88. The predicted octanol–water partition coefficient (Wildman–Crippen LogP) is 3.16. The van der Waals surface area contributed by atoms with Gasteiger partial charge in [-0.2, -0.15) is 0 Å². The van der Waals surface area contributed by atoms with Gasteiger partial charge in [0, 0.05) is 12.6 Å². The molecule has 5 heteroatoms. The Morgan fingerprint density at radius 2 is 2.32 bits per heavy atom. The first-order valence-electron chi connectivity index (χ1n) is 6.38. The number of likely N-dealkylation sites (tertiary alicyclic amines) is 1. The summed E-state index contributed by atoms with van der Waals surface area (Å²) in [6, 6.07) is 4.95. The highest BCUT2D eigenvalue weighted by molar-refractivity contribution is 6.31. The molecule has 0 saturated carbocycles. The van der Waals surface area contributed by atoms with Gasteiger partial charge in [-0.15, -0.1) is 0 Å². The van der Waals surface area contributed by atoms with E-state index in [0.717, 1.165) is 5.56 Å². The Morgan fingerprint density at radius 1 is 1.58 bits per heavy atom. The summed E-state index contributed by atoms with van der Waals surface area (Å²) in [6.45, 7) is 3.26. The van der Waals surface area contributed by atoms with Gasteiger partial charge in [-0.25, -0.2) is 4.39 Å². The van der Waals surface area contributed by atoms with Crippen LogP contribution < -0.4 is 0 Å². The molecule has 0 amide bonds. The fraction of sp³-hybridized carbons (Fsp3) is 0.500. The van der Waals surface area contributed by atoms with Crippen LogP contribution in [-0.4, -0.2) is 28.6 Å². The number of carbonyl (C=O) groups is 1. The Kier molecular flexibility index (Phi) is 4.42. The van der Waals surface area contributed by atoms with Crippen molar-refractivity contribution in [1.29, 1.82) is 0 Å². The quantitative estimate of drug-likeness (QED) is 0.927. The summed E-state index contributed by atoms with van der Waals surface area (Å²) in [5.41, 5.74) is 0.752. The molecule has 2 rings (SSSR count). The van der Waals surface area contributed by atoms with Crippen LogP contribution in [0.25, 0.3) is 0 Å². The molecule has 0 aliphatic carbocycles. The van der Waals surface area contributed by atoms with Crippen molar-refractivity contribution in [1.82, 2.24) is 4.90 Å². The van der Waals surface area contributed by atoms with Crippen molar-refractivity contribution in [3.05, 3.63) is 34.6 Å². The average molecular weight is 286 g/mol. The number of piperidine rings is 1. The number of carboxylic acid groups (broad SMARTS) is 1. The van der Waals surface area contributed by atoms with E-state index in [0.29, 0.717) is 25.9 Å². The zero-order chi connectivity index (χ0) is 14.0. The van der Waals surface area contributed by atoms with E-state index in [1.54, 1.807) is 12.1 Å². The number of rotatable bonds is 3. The summed E-state index contributed by atoms with van der Waals surface area (Å²) in [4.78, 5) is 13.1. The topological polar surface area (TPSA) is 40.5 Å². The maximum atomic E-state index is 13.4. The molecular weight excluding hydrogens is 269 g/mol. The highest BCUT2D eigenvalue weighted by atomic mass is 35.5. The lowest BCUT2D eigenvalue weighted by Crippen LogP contribution is -2.42. The molecule has 1 aromatic carbocycles. The number of carboxylic acids is 1. The lowest BCUT2D eigenvalue weighted by Gasteiger charge is -2.36. The monoisotopic (exact) mass is 285 g/mol. The molecule has 0 radical (unpaired) electrons. The second-order valence-corrected chi connectivity index (χ2v) is 5.47. The summed E-state index contributed by atoms with van der Waals surface area (Å²) in [5, 5.41) is 9.19. The SMILES string of the molecule is CC1CC(C(=O)O)CCN1Cc1cccc(F)c1Cl. The van der Waals surface area contributed by atoms with Gasteiger partial charge in [-0.05, 0) is 37.9 Å². The van der Waals surface area contributed by atoms with Crippen molar-refractivity contribution in [3.63, 3.8) is 0 Å². The highest BCUT2D eigenvalue weighted by Gasteiger charge is 2.29. The Labute approximate surface area is 117 Å². The van der Waals surface area contributed by atoms with Gasteiger partial charge >= 0.3 is 5.97 Å². The molecule has 0 bridgehead atoms. The van der Waals surface area contributed by atoms with E-state index in [1.165, 1.54) is 6.07 Å². The van der Waals surface area contributed by atoms with Crippen LogP contribution in [0.4, 0.5) is 4.39 Å². The molecule has 19 heavy (non-hydrogen) atoms. The van der Waals surface area contributed by atoms with E-state index in [4.69, 9.17) is 16.7 Å². The highest BCUT2D eigenvalue weighted by Crippen LogP contribution is 2.27. The van der Waals surface area contributed by atoms with Crippen molar-refractivity contribution in [2.24, 2.45) is 5.92 Å². The van der Waals surface area contributed by atoms with Gasteiger partial charge in [0.15, 0.2) is 0 Å². The third-order valence-electron chi connectivity index (χ3n) is 3.77.